The minimum absolute atomic E-state index is 0.294. The second kappa shape index (κ2) is 8.49. The normalized spacial score (nSPS) is 18.1. The Labute approximate surface area is 203 Å². The summed E-state index contributed by atoms with van der Waals surface area (Å²) in [6.07, 6.45) is 6.37. The summed E-state index contributed by atoms with van der Waals surface area (Å²) in [6, 6.07) is 9.88. The number of rotatable bonds is 5. The summed E-state index contributed by atoms with van der Waals surface area (Å²) < 4.78 is 13.1. The van der Waals surface area contributed by atoms with Gasteiger partial charge in [-0.3, -0.25) is 14.8 Å². The molecule has 1 unspecified atom stereocenters. The number of nitrogens with one attached hydrogen (secondary N) is 1. The summed E-state index contributed by atoms with van der Waals surface area (Å²) in [5.74, 6) is 2.97. The third-order valence-electron chi connectivity index (χ3n) is 6.89. The van der Waals surface area contributed by atoms with E-state index in [1.165, 1.54) is 0 Å². The van der Waals surface area contributed by atoms with Crippen LogP contribution in [0.4, 0.5) is 10.6 Å². The van der Waals surface area contributed by atoms with Gasteiger partial charge in [0, 0.05) is 47.8 Å². The fraction of sp³-hybridized carbons (Fsp3) is 0.385. The largest absolute Gasteiger partial charge is 0.439 e. The third-order valence-corrected chi connectivity index (χ3v) is 6.89. The van der Waals surface area contributed by atoms with Gasteiger partial charge in [0.25, 0.3) is 0 Å². The summed E-state index contributed by atoms with van der Waals surface area (Å²) in [7, 11) is 0. The molecule has 0 saturated heterocycles. The molecule has 1 fully saturated rings. The third kappa shape index (κ3) is 4.16. The lowest BCUT2D eigenvalue weighted by Gasteiger charge is -2.37. The van der Waals surface area contributed by atoms with Crippen molar-refractivity contribution >= 4 is 22.8 Å². The van der Waals surface area contributed by atoms with Crippen LogP contribution in [-0.4, -0.2) is 42.7 Å². The zero-order chi connectivity index (χ0) is 24.1. The van der Waals surface area contributed by atoms with Gasteiger partial charge in [0.15, 0.2) is 5.82 Å². The van der Waals surface area contributed by atoms with Crippen LogP contribution in [0.15, 0.2) is 47.4 Å². The van der Waals surface area contributed by atoms with Crippen molar-refractivity contribution in [2.45, 2.75) is 64.6 Å². The lowest BCUT2D eigenvalue weighted by Crippen LogP contribution is -2.43. The second-order valence-electron chi connectivity index (χ2n) is 9.75. The minimum atomic E-state index is -0.294. The van der Waals surface area contributed by atoms with Crippen molar-refractivity contribution in [2.24, 2.45) is 0 Å². The van der Waals surface area contributed by atoms with Crippen LogP contribution in [-0.2, 0) is 13.0 Å². The molecule has 1 amide bonds. The molecule has 4 aromatic rings. The molecule has 0 spiro atoms. The van der Waals surface area contributed by atoms with E-state index in [1.54, 1.807) is 23.2 Å². The van der Waals surface area contributed by atoms with Crippen molar-refractivity contribution in [3.05, 3.63) is 59.9 Å². The van der Waals surface area contributed by atoms with Gasteiger partial charge in [-0.05, 0) is 64.3 Å². The van der Waals surface area contributed by atoms with Gasteiger partial charge in [-0.15, -0.1) is 0 Å². The van der Waals surface area contributed by atoms with Gasteiger partial charge in [0.05, 0.1) is 11.2 Å². The van der Waals surface area contributed by atoms with Crippen LogP contribution >= 0.6 is 0 Å². The molecule has 6 rings (SSSR count). The average Bonchev–Trinajstić information content (AvgIpc) is 3.44. The summed E-state index contributed by atoms with van der Waals surface area (Å²) in [5, 5.41) is 7.67. The summed E-state index contributed by atoms with van der Waals surface area (Å²) in [5.41, 5.74) is 2.85. The van der Waals surface area contributed by atoms with E-state index in [4.69, 9.17) is 9.26 Å². The first-order chi connectivity index (χ1) is 17.0. The molecule has 1 aliphatic carbocycles. The highest BCUT2D eigenvalue weighted by Crippen LogP contribution is 2.40. The number of amides is 1. The van der Waals surface area contributed by atoms with Crippen LogP contribution in [0.25, 0.3) is 10.9 Å². The number of carbonyl (C=O) groups excluding carboxylic acids is 1. The molecule has 35 heavy (non-hydrogen) atoms. The summed E-state index contributed by atoms with van der Waals surface area (Å²) in [4.78, 5) is 24.2. The van der Waals surface area contributed by atoms with E-state index in [-0.39, 0.29) is 6.03 Å². The lowest BCUT2D eigenvalue weighted by molar-refractivity contribution is 0.137. The van der Waals surface area contributed by atoms with Crippen LogP contribution < -0.4 is 10.1 Å². The quantitative estimate of drug-likeness (QED) is 0.419. The van der Waals surface area contributed by atoms with E-state index < -0.39 is 0 Å². The minimum Gasteiger partial charge on any atom is -0.439 e. The molecular formula is C26H28N6O3. The van der Waals surface area contributed by atoms with Gasteiger partial charge in [0.1, 0.15) is 17.8 Å². The highest BCUT2D eigenvalue weighted by Gasteiger charge is 2.29. The highest BCUT2D eigenvalue weighted by molar-refractivity contribution is 5.98. The summed E-state index contributed by atoms with van der Waals surface area (Å²) in [6.45, 7) is 7.43. The predicted octanol–water partition coefficient (Wildman–Crippen LogP) is 5.32. The fourth-order valence-corrected chi connectivity index (χ4v) is 4.84. The molecule has 3 aromatic heterocycles. The molecule has 1 aliphatic heterocycles. The maximum atomic E-state index is 12.8. The van der Waals surface area contributed by atoms with Crippen LogP contribution in [0.3, 0.4) is 0 Å². The molecule has 2 aliphatic rings. The van der Waals surface area contributed by atoms with E-state index in [0.717, 1.165) is 53.7 Å². The number of anilines is 1. The molecule has 1 aromatic carbocycles. The average molecular weight is 473 g/mol. The Morgan fingerprint density at radius 1 is 1.20 bits per heavy atom. The Balaban J connectivity index is 1.21. The molecular weight excluding hydrogens is 444 g/mol. The van der Waals surface area contributed by atoms with Crippen molar-refractivity contribution < 1.29 is 14.1 Å². The Kier molecular flexibility index (Phi) is 5.29. The first-order valence-electron chi connectivity index (χ1n) is 12.1. The number of carbonyl (C=O) groups is 1. The van der Waals surface area contributed by atoms with Crippen molar-refractivity contribution in [1.82, 2.24) is 24.6 Å². The van der Waals surface area contributed by atoms with Gasteiger partial charge in [0.2, 0.25) is 5.88 Å². The number of benzene rings is 1. The van der Waals surface area contributed by atoms with Crippen molar-refractivity contribution in [2.75, 3.05) is 5.32 Å². The maximum absolute atomic E-state index is 12.8. The Bertz CT molecular complexity index is 1400. The Hall–Kier alpha value is -3.72. The Morgan fingerprint density at radius 2 is 2.06 bits per heavy atom. The number of ether oxygens (including phenoxy) is 1. The van der Waals surface area contributed by atoms with Crippen LogP contribution in [0.1, 0.15) is 56.5 Å². The van der Waals surface area contributed by atoms with Gasteiger partial charge in [-0.25, -0.2) is 14.8 Å². The molecule has 9 nitrogen and oxygen atoms in total. The van der Waals surface area contributed by atoms with E-state index in [1.807, 2.05) is 24.3 Å². The van der Waals surface area contributed by atoms with Crippen LogP contribution in [0, 0.1) is 0 Å². The topological polar surface area (TPSA) is 98.3 Å². The first kappa shape index (κ1) is 21.8. The second-order valence-corrected chi connectivity index (χ2v) is 9.75. The highest BCUT2D eigenvalue weighted by atomic mass is 16.5. The van der Waals surface area contributed by atoms with Crippen LogP contribution in [0.2, 0.25) is 0 Å². The summed E-state index contributed by atoms with van der Waals surface area (Å²) >= 11 is 0. The smallest absolute Gasteiger partial charge is 0.331 e. The van der Waals surface area contributed by atoms with Crippen LogP contribution in [0.5, 0.6) is 11.6 Å². The number of hydrogen-bond donors (Lipinski definition) is 1. The Morgan fingerprint density at radius 3 is 2.86 bits per heavy atom. The van der Waals surface area contributed by atoms with Gasteiger partial charge >= 0.3 is 6.03 Å². The number of aromatic nitrogens is 4. The molecule has 1 N–H and O–H groups in total. The van der Waals surface area contributed by atoms with Crippen molar-refractivity contribution in [1.29, 1.82) is 0 Å². The standard InChI is InChI=1S/C26H28N6O3/c1-15(2)32-13-21-20(10-16(32)3)25(28-14-27-21)34-19-6-7-22-18(11-19)8-9-31(22)26(33)29-24-12-23(35-30-24)17-4-5-17/h6-9,11-12,14-17H,4-5,10,13H2,1-3H3,(H,29,30,33). The predicted molar refractivity (Wildman–Crippen MR) is 131 cm³/mol. The van der Waals surface area contributed by atoms with E-state index in [2.05, 4.69) is 46.1 Å². The van der Waals surface area contributed by atoms with Gasteiger partial charge in [-0.2, -0.15) is 0 Å². The number of nitrogens with zero attached hydrogens (tertiary/aromatic N) is 5. The molecule has 9 heteroatoms. The molecule has 1 atom stereocenters. The van der Waals surface area contributed by atoms with Crippen molar-refractivity contribution in [3.63, 3.8) is 0 Å². The molecule has 4 heterocycles. The van der Waals surface area contributed by atoms with Gasteiger partial charge < -0.3 is 9.26 Å². The number of hydrogen-bond acceptors (Lipinski definition) is 7. The zero-order valence-electron chi connectivity index (χ0n) is 20.1. The maximum Gasteiger partial charge on any atom is 0.331 e. The molecule has 0 bridgehead atoms. The van der Waals surface area contributed by atoms with Crippen molar-refractivity contribution in [3.8, 4) is 11.6 Å². The SMILES string of the molecule is CC(C)N1Cc2ncnc(Oc3ccc4c(ccn4C(=O)Nc4cc(C5CC5)on4)c3)c2CC1C. The lowest BCUT2D eigenvalue weighted by atomic mass is 9.98. The monoisotopic (exact) mass is 472 g/mol. The van der Waals surface area contributed by atoms with Gasteiger partial charge in [-0.1, -0.05) is 5.16 Å². The van der Waals surface area contributed by atoms with E-state index >= 15 is 0 Å². The first-order valence-corrected chi connectivity index (χ1v) is 12.1. The zero-order valence-corrected chi connectivity index (χ0v) is 20.1. The van der Waals surface area contributed by atoms with E-state index in [9.17, 15) is 4.79 Å². The number of fused-ring (bicyclic) bond motifs is 2. The molecule has 0 radical (unpaired) electrons. The van der Waals surface area contributed by atoms with E-state index in [0.29, 0.717) is 35.4 Å². The molecule has 180 valence electrons. The molecule has 1 saturated carbocycles. The fourth-order valence-electron chi connectivity index (χ4n) is 4.84.